The van der Waals surface area contributed by atoms with Crippen molar-refractivity contribution in [3.63, 3.8) is 0 Å². The van der Waals surface area contributed by atoms with Gasteiger partial charge in [0.15, 0.2) is 0 Å². The summed E-state index contributed by atoms with van der Waals surface area (Å²) in [5.74, 6) is 1.73. The molecule has 2 heterocycles. The van der Waals surface area contributed by atoms with Crippen molar-refractivity contribution in [3.05, 3.63) is 35.2 Å². The van der Waals surface area contributed by atoms with E-state index < -0.39 is 10.8 Å². The lowest BCUT2D eigenvalue weighted by Crippen LogP contribution is -2.35. The average Bonchev–Trinajstić information content (AvgIpc) is 2.82. The molecule has 0 amide bonds. The van der Waals surface area contributed by atoms with Gasteiger partial charge >= 0.3 is 0 Å². The van der Waals surface area contributed by atoms with Gasteiger partial charge in [-0.25, -0.2) is 0 Å². The van der Waals surface area contributed by atoms with Crippen molar-refractivity contribution >= 4 is 32.2 Å². The molecule has 1 aromatic carbocycles. The van der Waals surface area contributed by atoms with Gasteiger partial charge in [0.05, 0.1) is 0 Å². The highest BCUT2D eigenvalue weighted by Gasteiger charge is 2.17. The van der Waals surface area contributed by atoms with Gasteiger partial charge in [-0.05, 0) is 35.2 Å². The van der Waals surface area contributed by atoms with E-state index in [4.69, 9.17) is 0 Å². The lowest BCUT2D eigenvalue weighted by Gasteiger charge is -2.22. The first-order valence-electron chi connectivity index (χ1n) is 6.36. The first kappa shape index (κ1) is 12.3. The molecule has 0 unspecified atom stereocenters. The molecule has 4 heteroatoms. The summed E-state index contributed by atoms with van der Waals surface area (Å²) in [5.41, 5.74) is 1.39. The summed E-state index contributed by atoms with van der Waals surface area (Å²) >= 11 is 1.81. The molecule has 0 spiro atoms. The number of fused-ring (bicyclic) bond motifs is 1. The molecular formula is C14H17NOS2. The predicted molar refractivity (Wildman–Crippen MR) is 79.6 cm³/mol. The highest BCUT2D eigenvalue weighted by atomic mass is 32.2. The summed E-state index contributed by atoms with van der Waals surface area (Å²) in [6, 6.07) is 9.10. The van der Waals surface area contributed by atoms with Crippen LogP contribution < -0.4 is 5.32 Å². The van der Waals surface area contributed by atoms with Gasteiger partial charge in [-0.1, -0.05) is 18.2 Å². The molecule has 1 aromatic heterocycles. The Morgan fingerprint density at radius 1 is 1.28 bits per heavy atom. The van der Waals surface area contributed by atoms with Crippen LogP contribution in [0.4, 0.5) is 0 Å². The van der Waals surface area contributed by atoms with Crippen LogP contribution in [0.2, 0.25) is 0 Å². The molecule has 2 nitrogen and oxygen atoms in total. The molecule has 3 rings (SSSR count). The minimum atomic E-state index is -0.561. The molecule has 1 aliphatic rings. The van der Waals surface area contributed by atoms with Crippen LogP contribution in [0.3, 0.4) is 0 Å². The number of thiophene rings is 1. The number of nitrogens with one attached hydrogen (secondary N) is 1. The number of hydrogen-bond acceptors (Lipinski definition) is 3. The molecule has 0 bridgehead atoms. The predicted octanol–water partition coefficient (Wildman–Crippen LogP) is 2.90. The van der Waals surface area contributed by atoms with E-state index in [0.717, 1.165) is 30.9 Å². The van der Waals surface area contributed by atoms with Crippen LogP contribution in [-0.4, -0.2) is 21.8 Å². The standard InChI is InChI=1S/C14H17NOS2/c16-18-7-5-12(6-8-18)15-9-11-10-17-14-4-2-1-3-13(11)14/h1-4,10,12,15H,5-9H2. The minimum absolute atomic E-state index is 0.543. The topological polar surface area (TPSA) is 29.1 Å². The smallest absolute Gasteiger partial charge is 0.0346 e. The van der Waals surface area contributed by atoms with Crippen LogP contribution >= 0.6 is 11.3 Å². The van der Waals surface area contributed by atoms with E-state index >= 15 is 0 Å². The summed E-state index contributed by atoms with van der Waals surface area (Å²) in [6.07, 6.45) is 2.10. The largest absolute Gasteiger partial charge is 0.310 e. The Balaban J connectivity index is 1.64. The van der Waals surface area contributed by atoms with E-state index in [9.17, 15) is 4.21 Å². The minimum Gasteiger partial charge on any atom is -0.310 e. The third kappa shape index (κ3) is 2.66. The maximum absolute atomic E-state index is 11.3. The van der Waals surface area contributed by atoms with Crippen LogP contribution in [-0.2, 0) is 17.3 Å². The summed E-state index contributed by atoms with van der Waals surface area (Å²) in [6.45, 7) is 0.932. The van der Waals surface area contributed by atoms with Crippen LogP contribution in [0.1, 0.15) is 18.4 Å². The molecule has 96 valence electrons. The fourth-order valence-electron chi connectivity index (χ4n) is 2.42. The molecule has 0 aliphatic carbocycles. The van der Waals surface area contributed by atoms with Crippen LogP contribution in [0.25, 0.3) is 10.1 Å². The van der Waals surface area contributed by atoms with Gasteiger partial charge in [0.2, 0.25) is 0 Å². The van der Waals surface area contributed by atoms with Gasteiger partial charge in [-0.3, -0.25) is 4.21 Å². The molecule has 0 radical (unpaired) electrons. The van der Waals surface area contributed by atoms with Gasteiger partial charge in [0.25, 0.3) is 0 Å². The second-order valence-corrected chi connectivity index (χ2v) is 7.37. The Kier molecular flexibility index (Phi) is 3.77. The molecule has 1 N–H and O–H groups in total. The number of benzene rings is 1. The lowest BCUT2D eigenvalue weighted by atomic mass is 10.1. The third-order valence-electron chi connectivity index (χ3n) is 3.53. The van der Waals surface area contributed by atoms with Gasteiger partial charge in [-0.15, -0.1) is 11.3 Å². The van der Waals surface area contributed by atoms with E-state index in [2.05, 4.69) is 35.0 Å². The molecule has 18 heavy (non-hydrogen) atoms. The van der Waals surface area contributed by atoms with E-state index in [1.165, 1.54) is 15.6 Å². The fourth-order valence-corrected chi connectivity index (χ4v) is 4.68. The van der Waals surface area contributed by atoms with Crippen molar-refractivity contribution in [3.8, 4) is 0 Å². The van der Waals surface area contributed by atoms with E-state index in [0.29, 0.717) is 6.04 Å². The molecule has 0 saturated carbocycles. The van der Waals surface area contributed by atoms with E-state index in [1.807, 2.05) is 11.3 Å². The summed E-state index contributed by atoms with van der Waals surface area (Å²) in [4.78, 5) is 0. The highest BCUT2D eigenvalue weighted by molar-refractivity contribution is 7.85. The first-order chi connectivity index (χ1) is 8.83. The number of hydrogen-bond donors (Lipinski definition) is 1. The maximum atomic E-state index is 11.3. The molecular weight excluding hydrogens is 262 g/mol. The van der Waals surface area contributed by atoms with E-state index in [1.54, 1.807) is 0 Å². The Bertz CT molecular complexity index is 554. The SMILES string of the molecule is O=S1CCC(NCc2csc3ccccc23)CC1. The van der Waals surface area contributed by atoms with Gasteiger partial charge < -0.3 is 5.32 Å². The summed E-state index contributed by atoms with van der Waals surface area (Å²) < 4.78 is 12.7. The summed E-state index contributed by atoms with van der Waals surface area (Å²) in [5, 5.41) is 7.23. The quantitative estimate of drug-likeness (QED) is 0.936. The highest BCUT2D eigenvalue weighted by Crippen LogP contribution is 2.25. The Hall–Kier alpha value is -0.710. The molecule has 1 aliphatic heterocycles. The van der Waals surface area contributed by atoms with Crippen LogP contribution in [0.5, 0.6) is 0 Å². The zero-order chi connectivity index (χ0) is 12.4. The van der Waals surface area contributed by atoms with Crippen LogP contribution in [0, 0.1) is 0 Å². The fraction of sp³-hybridized carbons (Fsp3) is 0.429. The molecule has 0 atom stereocenters. The molecule has 2 aromatic rings. The van der Waals surface area contributed by atoms with Crippen molar-refractivity contribution in [1.29, 1.82) is 0 Å². The molecule has 1 saturated heterocycles. The first-order valence-corrected chi connectivity index (χ1v) is 8.73. The van der Waals surface area contributed by atoms with Gasteiger partial charge in [0, 0.05) is 39.6 Å². The van der Waals surface area contributed by atoms with Gasteiger partial charge in [-0.2, -0.15) is 0 Å². The van der Waals surface area contributed by atoms with E-state index in [-0.39, 0.29) is 0 Å². The number of rotatable bonds is 3. The van der Waals surface area contributed by atoms with Crippen molar-refractivity contribution in [2.24, 2.45) is 0 Å². The second-order valence-electron chi connectivity index (χ2n) is 4.76. The lowest BCUT2D eigenvalue weighted by molar-refractivity contribution is 0.476. The maximum Gasteiger partial charge on any atom is 0.0346 e. The second kappa shape index (κ2) is 5.51. The average molecular weight is 279 g/mol. The van der Waals surface area contributed by atoms with Crippen molar-refractivity contribution < 1.29 is 4.21 Å². The summed E-state index contributed by atoms with van der Waals surface area (Å²) in [7, 11) is -0.561. The third-order valence-corrected chi connectivity index (χ3v) is 5.92. The Morgan fingerprint density at radius 2 is 2.06 bits per heavy atom. The van der Waals surface area contributed by atoms with Crippen molar-refractivity contribution in [2.75, 3.05) is 11.5 Å². The monoisotopic (exact) mass is 279 g/mol. The molecule has 1 fully saturated rings. The zero-order valence-electron chi connectivity index (χ0n) is 10.2. The van der Waals surface area contributed by atoms with Gasteiger partial charge in [0.1, 0.15) is 0 Å². The normalized spacial score (nSPS) is 24.4. The van der Waals surface area contributed by atoms with Crippen molar-refractivity contribution in [2.45, 2.75) is 25.4 Å². The zero-order valence-corrected chi connectivity index (χ0v) is 11.9. The van der Waals surface area contributed by atoms with Crippen molar-refractivity contribution in [1.82, 2.24) is 5.32 Å². The van der Waals surface area contributed by atoms with Crippen LogP contribution in [0.15, 0.2) is 29.6 Å². The Morgan fingerprint density at radius 3 is 2.89 bits per heavy atom. The Labute approximate surface area is 114 Å².